The number of nitrogens with zero attached hydrogens (tertiary/aromatic N) is 2. The van der Waals surface area contributed by atoms with Crippen LogP contribution >= 0.6 is 11.3 Å². The van der Waals surface area contributed by atoms with E-state index >= 15 is 0 Å². The molecule has 25 heavy (non-hydrogen) atoms. The first kappa shape index (κ1) is 16.3. The minimum Gasteiger partial charge on any atom is -0.338 e. The molecule has 2 saturated heterocycles. The van der Waals surface area contributed by atoms with Gasteiger partial charge in [0.2, 0.25) is 5.91 Å². The molecule has 0 N–H and O–H groups in total. The highest BCUT2D eigenvalue weighted by Crippen LogP contribution is 2.41. The molecule has 3 heterocycles. The molecular formula is C20H22N2O2S. The van der Waals surface area contributed by atoms with Crippen molar-refractivity contribution < 1.29 is 9.59 Å². The van der Waals surface area contributed by atoms with Gasteiger partial charge in [0, 0.05) is 31.6 Å². The Balaban J connectivity index is 1.45. The van der Waals surface area contributed by atoms with Crippen LogP contribution in [0.2, 0.25) is 0 Å². The lowest BCUT2D eigenvalue weighted by atomic mass is 9.85. The predicted molar refractivity (Wildman–Crippen MR) is 98.5 cm³/mol. The van der Waals surface area contributed by atoms with Crippen molar-refractivity contribution in [1.82, 2.24) is 9.80 Å². The Hall–Kier alpha value is -2.14. The summed E-state index contributed by atoms with van der Waals surface area (Å²) in [5.41, 5.74) is 2.76. The molecule has 4 nitrogen and oxygen atoms in total. The van der Waals surface area contributed by atoms with Crippen LogP contribution in [0.15, 0.2) is 41.1 Å². The van der Waals surface area contributed by atoms with Crippen LogP contribution < -0.4 is 0 Å². The quantitative estimate of drug-likeness (QED) is 0.848. The predicted octanol–water partition coefficient (Wildman–Crippen LogP) is 3.32. The Morgan fingerprint density at radius 2 is 2.08 bits per heavy atom. The number of carbonyl (C=O) groups is 2. The zero-order valence-electron chi connectivity index (χ0n) is 14.4. The lowest BCUT2D eigenvalue weighted by Crippen LogP contribution is -2.38. The fourth-order valence-electron chi connectivity index (χ4n) is 4.07. The van der Waals surface area contributed by atoms with Crippen molar-refractivity contribution in [1.29, 1.82) is 0 Å². The molecule has 0 unspecified atom stereocenters. The number of amides is 2. The fourth-order valence-corrected chi connectivity index (χ4v) is 4.70. The molecule has 1 aromatic heterocycles. The molecule has 4 rings (SSSR count). The van der Waals surface area contributed by atoms with E-state index in [4.69, 9.17) is 0 Å². The van der Waals surface area contributed by atoms with Crippen LogP contribution in [-0.4, -0.2) is 41.2 Å². The first-order valence-corrected chi connectivity index (χ1v) is 9.68. The normalized spacial score (nSPS) is 23.0. The molecule has 2 aromatic rings. The van der Waals surface area contributed by atoms with Crippen molar-refractivity contribution in [2.45, 2.75) is 26.3 Å². The summed E-state index contributed by atoms with van der Waals surface area (Å²) in [6, 6.07) is 10.2. The van der Waals surface area contributed by atoms with Gasteiger partial charge in [-0.05, 0) is 36.8 Å². The minimum absolute atomic E-state index is 0.0584. The van der Waals surface area contributed by atoms with Gasteiger partial charge in [0.05, 0.1) is 11.0 Å². The summed E-state index contributed by atoms with van der Waals surface area (Å²) < 4.78 is 0. The number of aryl methyl sites for hydroxylation is 1. The van der Waals surface area contributed by atoms with Gasteiger partial charge in [0.1, 0.15) is 0 Å². The molecule has 2 aliphatic heterocycles. The van der Waals surface area contributed by atoms with Gasteiger partial charge in [-0.25, -0.2) is 0 Å². The summed E-state index contributed by atoms with van der Waals surface area (Å²) >= 11 is 1.53. The lowest BCUT2D eigenvalue weighted by Gasteiger charge is -2.23. The first-order chi connectivity index (χ1) is 12.1. The maximum Gasteiger partial charge on any atom is 0.254 e. The second-order valence-electron chi connectivity index (χ2n) is 7.23. The molecule has 2 fully saturated rings. The SMILES string of the molecule is Cc1cccc(CN2CC[C@@]3(CCN(C(=O)c4ccsc4)C3)C2=O)c1. The summed E-state index contributed by atoms with van der Waals surface area (Å²) in [4.78, 5) is 29.5. The van der Waals surface area contributed by atoms with Gasteiger partial charge in [-0.3, -0.25) is 9.59 Å². The van der Waals surface area contributed by atoms with Crippen LogP contribution in [0.1, 0.15) is 34.3 Å². The van der Waals surface area contributed by atoms with Crippen LogP contribution in [0, 0.1) is 12.3 Å². The number of rotatable bonds is 3. The topological polar surface area (TPSA) is 40.6 Å². The van der Waals surface area contributed by atoms with Crippen LogP contribution in [0.4, 0.5) is 0 Å². The third kappa shape index (κ3) is 2.97. The monoisotopic (exact) mass is 354 g/mol. The fraction of sp³-hybridized carbons (Fsp3) is 0.400. The molecular weight excluding hydrogens is 332 g/mol. The Morgan fingerprint density at radius 1 is 1.24 bits per heavy atom. The van der Waals surface area contributed by atoms with Crippen LogP contribution in [0.3, 0.4) is 0 Å². The summed E-state index contributed by atoms with van der Waals surface area (Å²) in [5.74, 6) is 0.276. The smallest absolute Gasteiger partial charge is 0.254 e. The molecule has 1 spiro atoms. The van der Waals surface area contributed by atoms with E-state index < -0.39 is 0 Å². The second kappa shape index (κ2) is 6.30. The molecule has 130 valence electrons. The molecule has 5 heteroatoms. The number of hydrogen-bond acceptors (Lipinski definition) is 3. The average molecular weight is 354 g/mol. The van der Waals surface area contributed by atoms with Gasteiger partial charge in [-0.1, -0.05) is 29.8 Å². The molecule has 2 aliphatic rings. The van der Waals surface area contributed by atoms with E-state index in [0.29, 0.717) is 19.6 Å². The first-order valence-electron chi connectivity index (χ1n) is 8.74. The highest BCUT2D eigenvalue weighted by Gasteiger charge is 2.51. The minimum atomic E-state index is -0.366. The van der Waals surface area contributed by atoms with E-state index in [2.05, 4.69) is 25.1 Å². The van der Waals surface area contributed by atoms with Crippen molar-refractivity contribution in [3.63, 3.8) is 0 Å². The average Bonchev–Trinajstić information content (AvgIpc) is 3.33. The summed E-state index contributed by atoms with van der Waals surface area (Å²) in [7, 11) is 0. The molecule has 0 bridgehead atoms. The highest BCUT2D eigenvalue weighted by molar-refractivity contribution is 7.08. The third-order valence-electron chi connectivity index (χ3n) is 5.47. The zero-order valence-corrected chi connectivity index (χ0v) is 15.2. The number of benzene rings is 1. The molecule has 0 saturated carbocycles. The van der Waals surface area contributed by atoms with Gasteiger partial charge < -0.3 is 9.80 Å². The Bertz CT molecular complexity index is 802. The van der Waals surface area contributed by atoms with Crippen molar-refractivity contribution in [3.05, 3.63) is 57.8 Å². The standard InChI is InChI=1S/C20H22N2O2S/c1-15-3-2-4-16(11-15)12-21-8-6-20(19(21)24)7-9-22(14-20)18(23)17-5-10-25-13-17/h2-5,10-11,13H,6-9,12,14H2,1H3/t20-/m0/s1. The van der Waals surface area contributed by atoms with Gasteiger partial charge in [0.25, 0.3) is 5.91 Å². The number of carbonyl (C=O) groups excluding carboxylic acids is 2. The number of thiophene rings is 1. The van der Waals surface area contributed by atoms with Crippen molar-refractivity contribution in [2.75, 3.05) is 19.6 Å². The van der Waals surface area contributed by atoms with Crippen LogP contribution in [0.5, 0.6) is 0 Å². The van der Waals surface area contributed by atoms with Gasteiger partial charge in [-0.2, -0.15) is 11.3 Å². The second-order valence-corrected chi connectivity index (χ2v) is 8.01. The molecule has 1 atom stereocenters. The van der Waals surface area contributed by atoms with E-state index in [0.717, 1.165) is 24.9 Å². The highest BCUT2D eigenvalue weighted by atomic mass is 32.1. The van der Waals surface area contributed by atoms with Gasteiger partial charge in [-0.15, -0.1) is 0 Å². The van der Waals surface area contributed by atoms with E-state index in [1.165, 1.54) is 22.5 Å². The van der Waals surface area contributed by atoms with Gasteiger partial charge >= 0.3 is 0 Å². The maximum absolute atomic E-state index is 13.1. The molecule has 0 aliphatic carbocycles. The van der Waals surface area contributed by atoms with E-state index in [9.17, 15) is 9.59 Å². The van der Waals surface area contributed by atoms with Crippen LogP contribution in [0.25, 0.3) is 0 Å². The van der Waals surface area contributed by atoms with Gasteiger partial charge in [0.15, 0.2) is 0 Å². The summed E-state index contributed by atoms with van der Waals surface area (Å²) in [6.07, 6.45) is 1.64. The lowest BCUT2D eigenvalue weighted by molar-refractivity contribution is -0.135. The third-order valence-corrected chi connectivity index (χ3v) is 6.15. The Labute approximate surface area is 152 Å². The summed E-state index contributed by atoms with van der Waals surface area (Å²) in [6.45, 7) is 4.76. The molecule has 1 aromatic carbocycles. The largest absolute Gasteiger partial charge is 0.338 e. The number of likely N-dealkylation sites (tertiary alicyclic amines) is 2. The van der Waals surface area contributed by atoms with E-state index in [-0.39, 0.29) is 17.2 Å². The zero-order chi connectivity index (χ0) is 17.4. The van der Waals surface area contributed by atoms with Crippen molar-refractivity contribution in [2.24, 2.45) is 5.41 Å². The summed E-state index contributed by atoms with van der Waals surface area (Å²) in [5, 5.41) is 3.80. The molecule has 0 radical (unpaired) electrons. The van der Waals surface area contributed by atoms with Crippen LogP contribution in [-0.2, 0) is 11.3 Å². The maximum atomic E-state index is 13.1. The molecule has 2 amide bonds. The number of hydrogen-bond donors (Lipinski definition) is 0. The van der Waals surface area contributed by atoms with Crippen molar-refractivity contribution >= 4 is 23.2 Å². The van der Waals surface area contributed by atoms with E-state index in [1.54, 1.807) is 0 Å². The van der Waals surface area contributed by atoms with E-state index in [1.807, 2.05) is 32.7 Å². The van der Waals surface area contributed by atoms with Crippen molar-refractivity contribution in [3.8, 4) is 0 Å². The Kier molecular flexibility index (Phi) is 4.12. The Morgan fingerprint density at radius 3 is 2.84 bits per heavy atom.